The highest BCUT2D eigenvalue weighted by atomic mass is 19.1. The lowest BCUT2D eigenvalue weighted by atomic mass is 10.0. The number of rotatable bonds is 11. The van der Waals surface area contributed by atoms with Gasteiger partial charge < -0.3 is 9.88 Å². The second-order valence-electron chi connectivity index (χ2n) is 9.01. The van der Waals surface area contributed by atoms with Crippen LogP contribution in [0.3, 0.4) is 0 Å². The van der Waals surface area contributed by atoms with Gasteiger partial charge in [-0.25, -0.2) is 4.39 Å². The van der Waals surface area contributed by atoms with Crippen LogP contribution in [-0.2, 0) is 6.42 Å². The molecule has 4 rings (SSSR count). The van der Waals surface area contributed by atoms with E-state index in [1.807, 2.05) is 41.4 Å². The molecule has 4 heteroatoms. The third-order valence-electron chi connectivity index (χ3n) is 6.37. The number of carbonyl (C=O) groups is 1. The molecule has 3 nitrogen and oxygen atoms in total. The van der Waals surface area contributed by atoms with Crippen molar-refractivity contribution >= 4 is 22.9 Å². The third-order valence-corrected chi connectivity index (χ3v) is 6.37. The van der Waals surface area contributed by atoms with Crippen LogP contribution in [-0.4, -0.2) is 28.9 Å². The van der Waals surface area contributed by atoms with Crippen molar-refractivity contribution in [3.8, 4) is 0 Å². The van der Waals surface area contributed by atoms with Crippen molar-refractivity contribution in [3.63, 3.8) is 0 Å². The van der Waals surface area contributed by atoms with E-state index in [-0.39, 0.29) is 11.7 Å². The number of hydrogen-bond donors (Lipinski definition) is 1. The summed E-state index contributed by atoms with van der Waals surface area (Å²) < 4.78 is 13.5. The molecule has 0 atom stereocenters. The van der Waals surface area contributed by atoms with Crippen molar-refractivity contribution in [3.05, 3.63) is 113 Å². The first-order chi connectivity index (χ1) is 17.1. The number of H-pyrrole nitrogens is 1. The molecular formula is C31H33FN2O. The monoisotopic (exact) mass is 468 g/mol. The Labute approximate surface area is 207 Å². The molecule has 0 aliphatic heterocycles. The van der Waals surface area contributed by atoms with E-state index in [1.165, 1.54) is 28.7 Å². The van der Waals surface area contributed by atoms with E-state index in [0.717, 1.165) is 43.2 Å². The SMILES string of the molecule is CCCCCC(=Cc1ccccc1)CN(CCc1c[nH]c2ccccc12)C(=O)c1ccc(F)cc1. The Kier molecular flexibility index (Phi) is 8.50. The Balaban J connectivity index is 1.59. The first kappa shape index (κ1) is 24.5. The Morgan fingerprint density at radius 3 is 2.46 bits per heavy atom. The Morgan fingerprint density at radius 2 is 1.69 bits per heavy atom. The number of carbonyl (C=O) groups excluding carboxylic acids is 1. The molecule has 4 aromatic rings. The molecule has 0 saturated heterocycles. The number of amides is 1. The summed E-state index contributed by atoms with van der Waals surface area (Å²) in [5, 5.41) is 1.18. The fourth-order valence-corrected chi connectivity index (χ4v) is 4.45. The first-order valence-electron chi connectivity index (χ1n) is 12.5. The van der Waals surface area contributed by atoms with Gasteiger partial charge in [0.25, 0.3) is 5.91 Å². The molecule has 180 valence electrons. The molecule has 0 radical (unpaired) electrons. The summed E-state index contributed by atoms with van der Waals surface area (Å²) in [4.78, 5) is 18.8. The van der Waals surface area contributed by atoms with Crippen LogP contribution in [0, 0.1) is 5.82 Å². The average molecular weight is 469 g/mol. The molecule has 0 bridgehead atoms. The minimum Gasteiger partial charge on any atom is -0.361 e. The van der Waals surface area contributed by atoms with E-state index in [1.54, 1.807) is 12.1 Å². The van der Waals surface area contributed by atoms with Crippen molar-refractivity contribution in [2.45, 2.75) is 39.0 Å². The second-order valence-corrected chi connectivity index (χ2v) is 9.01. The molecular weight excluding hydrogens is 435 g/mol. The van der Waals surface area contributed by atoms with E-state index in [0.29, 0.717) is 18.7 Å². The van der Waals surface area contributed by atoms with Crippen LogP contribution in [0.15, 0.2) is 90.6 Å². The van der Waals surface area contributed by atoms with Gasteiger partial charge in [0.05, 0.1) is 0 Å². The molecule has 0 aliphatic carbocycles. The maximum atomic E-state index is 13.6. The molecule has 1 heterocycles. The quantitative estimate of drug-likeness (QED) is 0.225. The Morgan fingerprint density at radius 1 is 0.943 bits per heavy atom. The van der Waals surface area contributed by atoms with Gasteiger partial charge in [0.1, 0.15) is 5.82 Å². The van der Waals surface area contributed by atoms with Crippen LogP contribution in [0.2, 0.25) is 0 Å². The maximum Gasteiger partial charge on any atom is 0.254 e. The fraction of sp³-hybridized carbons (Fsp3) is 0.258. The standard InChI is InChI=1S/C31H33FN2O/c1-2-3-5-12-25(21-24-10-6-4-7-11-24)23-34(31(35)26-15-17-28(32)18-16-26)20-19-27-22-33-30-14-9-8-13-29(27)30/h4,6-11,13-18,21-22,33H,2-3,5,12,19-20,23H2,1H3. The topological polar surface area (TPSA) is 36.1 Å². The second kappa shape index (κ2) is 12.2. The van der Waals surface area contributed by atoms with Gasteiger partial charge in [0.2, 0.25) is 0 Å². The summed E-state index contributed by atoms with van der Waals surface area (Å²) in [6.45, 7) is 3.33. The molecule has 0 unspecified atom stereocenters. The fourth-order valence-electron chi connectivity index (χ4n) is 4.45. The Hall–Kier alpha value is -3.66. The lowest BCUT2D eigenvalue weighted by Gasteiger charge is -2.25. The number of halogens is 1. The normalized spacial score (nSPS) is 11.7. The van der Waals surface area contributed by atoms with Crippen molar-refractivity contribution in [2.24, 2.45) is 0 Å². The van der Waals surface area contributed by atoms with Crippen molar-refractivity contribution in [1.29, 1.82) is 0 Å². The highest BCUT2D eigenvalue weighted by Crippen LogP contribution is 2.21. The number of nitrogens with zero attached hydrogens (tertiary/aromatic N) is 1. The van der Waals surface area contributed by atoms with E-state index in [2.05, 4.69) is 42.2 Å². The Bertz CT molecular complexity index is 1260. The van der Waals surface area contributed by atoms with Crippen LogP contribution < -0.4 is 0 Å². The molecule has 35 heavy (non-hydrogen) atoms. The van der Waals surface area contributed by atoms with Gasteiger partial charge in [-0.05, 0) is 60.7 Å². The number of aromatic nitrogens is 1. The number of unbranched alkanes of at least 4 members (excludes halogenated alkanes) is 2. The number of fused-ring (bicyclic) bond motifs is 1. The number of aromatic amines is 1. The van der Waals surface area contributed by atoms with Gasteiger partial charge in [-0.1, -0.05) is 79.9 Å². The van der Waals surface area contributed by atoms with Gasteiger partial charge >= 0.3 is 0 Å². The predicted molar refractivity (Wildman–Crippen MR) is 143 cm³/mol. The van der Waals surface area contributed by atoms with Crippen LogP contribution in [0.25, 0.3) is 17.0 Å². The van der Waals surface area contributed by atoms with Crippen LogP contribution in [0.5, 0.6) is 0 Å². The summed E-state index contributed by atoms with van der Waals surface area (Å²) in [6.07, 6.45) is 9.34. The molecule has 0 fully saturated rings. The van der Waals surface area contributed by atoms with Gasteiger partial charge in [-0.2, -0.15) is 0 Å². The zero-order valence-corrected chi connectivity index (χ0v) is 20.3. The van der Waals surface area contributed by atoms with Gasteiger partial charge in [-0.3, -0.25) is 4.79 Å². The molecule has 0 aliphatic rings. The molecule has 1 N–H and O–H groups in total. The molecule has 1 aromatic heterocycles. The highest BCUT2D eigenvalue weighted by Gasteiger charge is 2.18. The number of hydrogen-bond acceptors (Lipinski definition) is 1. The van der Waals surface area contributed by atoms with E-state index >= 15 is 0 Å². The van der Waals surface area contributed by atoms with Gasteiger partial charge in [0, 0.05) is 35.8 Å². The molecule has 3 aromatic carbocycles. The largest absolute Gasteiger partial charge is 0.361 e. The third kappa shape index (κ3) is 6.69. The zero-order valence-electron chi connectivity index (χ0n) is 20.3. The average Bonchev–Trinajstić information content (AvgIpc) is 3.30. The lowest BCUT2D eigenvalue weighted by Crippen LogP contribution is -2.34. The van der Waals surface area contributed by atoms with Crippen molar-refractivity contribution in [2.75, 3.05) is 13.1 Å². The summed E-state index contributed by atoms with van der Waals surface area (Å²) in [6, 6.07) is 24.4. The molecule has 1 amide bonds. The maximum absolute atomic E-state index is 13.6. The predicted octanol–water partition coefficient (Wildman–Crippen LogP) is 7.66. The summed E-state index contributed by atoms with van der Waals surface area (Å²) in [5.41, 5.74) is 5.18. The van der Waals surface area contributed by atoms with Gasteiger partial charge in [0.15, 0.2) is 0 Å². The van der Waals surface area contributed by atoms with E-state index in [9.17, 15) is 9.18 Å². The number of nitrogens with one attached hydrogen (secondary N) is 1. The smallest absolute Gasteiger partial charge is 0.254 e. The van der Waals surface area contributed by atoms with Gasteiger partial charge in [-0.15, -0.1) is 0 Å². The van der Waals surface area contributed by atoms with Crippen LogP contribution in [0.4, 0.5) is 4.39 Å². The first-order valence-corrected chi connectivity index (χ1v) is 12.5. The number of benzene rings is 3. The van der Waals surface area contributed by atoms with E-state index in [4.69, 9.17) is 0 Å². The van der Waals surface area contributed by atoms with E-state index < -0.39 is 0 Å². The highest BCUT2D eigenvalue weighted by molar-refractivity contribution is 5.94. The van der Waals surface area contributed by atoms with Crippen LogP contribution >= 0.6 is 0 Å². The van der Waals surface area contributed by atoms with Crippen molar-refractivity contribution in [1.82, 2.24) is 9.88 Å². The summed E-state index contributed by atoms with van der Waals surface area (Å²) >= 11 is 0. The minimum atomic E-state index is -0.337. The number of para-hydroxylation sites is 1. The lowest BCUT2D eigenvalue weighted by molar-refractivity contribution is 0.0771. The van der Waals surface area contributed by atoms with Crippen molar-refractivity contribution < 1.29 is 9.18 Å². The zero-order chi connectivity index (χ0) is 24.5. The molecule has 0 saturated carbocycles. The summed E-state index contributed by atoms with van der Waals surface area (Å²) in [7, 11) is 0. The summed E-state index contributed by atoms with van der Waals surface area (Å²) in [5.74, 6) is -0.407. The van der Waals surface area contributed by atoms with Crippen LogP contribution in [0.1, 0.15) is 54.1 Å². The minimum absolute atomic E-state index is 0.0701. The molecule has 0 spiro atoms.